The monoisotopic (exact) mass is 434 g/mol. The Morgan fingerprint density at radius 3 is 2.77 bits per heavy atom. The minimum atomic E-state index is -0.700. The SMILES string of the molecule is CCn1c(=NC(=O)c2cc3c(ccc4ccccc43)oc2=O)sc2cccc(Cl)c21. The first-order valence-corrected chi connectivity index (χ1v) is 10.6. The fraction of sp³-hybridized carbons (Fsp3) is 0.0870. The van der Waals surface area contributed by atoms with Crippen molar-refractivity contribution in [3.8, 4) is 0 Å². The molecule has 2 heterocycles. The predicted molar refractivity (Wildman–Crippen MR) is 120 cm³/mol. The molecule has 148 valence electrons. The molecule has 0 unspecified atom stereocenters. The second-order valence-electron chi connectivity index (χ2n) is 6.78. The minimum Gasteiger partial charge on any atom is -0.422 e. The molecule has 1 amide bonds. The number of fused-ring (bicyclic) bond motifs is 4. The Bertz CT molecular complexity index is 1590. The van der Waals surface area contributed by atoms with Crippen molar-refractivity contribution in [3.63, 3.8) is 0 Å². The third-order valence-corrected chi connectivity index (χ3v) is 6.39. The van der Waals surface area contributed by atoms with Crippen LogP contribution in [-0.4, -0.2) is 10.5 Å². The standard InChI is InChI=1S/C23H15ClN2O3S/c1-2-26-20-17(24)8-5-9-19(20)30-23(26)25-21(27)16-12-15-14-7-4-3-6-13(14)10-11-18(15)29-22(16)28/h3-12H,2H2,1H3. The molecule has 0 bridgehead atoms. The maximum absolute atomic E-state index is 13.0. The van der Waals surface area contributed by atoms with Crippen LogP contribution in [0.15, 0.2) is 74.9 Å². The average molecular weight is 435 g/mol. The second-order valence-corrected chi connectivity index (χ2v) is 8.19. The van der Waals surface area contributed by atoms with Gasteiger partial charge in [-0.05, 0) is 42.0 Å². The van der Waals surface area contributed by atoms with Gasteiger partial charge in [-0.2, -0.15) is 4.99 Å². The first kappa shape index (κ1) is 18.8. The smallest absolute Gasteiger partial charge is 0.349 e. The molecule has 0 spiro atoms. The van der Waals surface area contributed by atoms with Gasteiger partial charge in [0, 0.05) is 11.9 Å². The van der Waals surface area contributed by atoms with E-state index in [1.54, 1.807) is 18.2 Å². The highest BCUT2D eigenvalue weighted by Crippen LogP contribution is 2.26. The van der Waals surface area contributed by atoms with Crippen molar-refractivity contribution in [1.29, 1.82) is 0 Å². The van der Waals surface area contributed by atoms with Crippen molar-refractivity contribution < 1.29 is 9.21 Å². The summed E-state index contributed by atoms with van der Waals surface area (Å²) in [5.74, 6) is -0.636. The van der Waals surface area contributed by atoms with Gasteiger partial charge in [-0.1, -0.05) is 59.3 Å². The molecule has 0 N–H and O–H groups in total. The highest BCUT2D eigenvalue weighted by atomic mass is 35.5. The van der Waals surface area contributed by atoms with Crippen LogP contribution in [0.1, 0.15) is 17.3 Å². The summed E-state index contributed by atoms with van der Waals surface area (Å²) in [6.07, 6.45) is 0. The van der Waals surface area contributed by atoms with Gasteiger partial charge >= 0.3 is 5.63 Å². The van der Waals surface area contributed by atoms with E-state index in [9.17, 15) is 9.59 Å². The number of halogens is 1. The summed E-state index contributed by atoms with van der Waals surface area (Å²) in [6, 6.07) is 18.5. The number of amides is 1. The van der Waals surface area contributed by atoms with Crippen molar-refractivity contribution in [1.82, 2.24) is 4.57 Å². The number of aryl methyl sites for hydroxylation is 1. The van der Waals surface area contributed by atoms with Crippen molar-refractivity contribution in [2.75, 3.05) is 0 Å². The molecule has 2 aromatic heterocycles. The summed E-state index contributed by atoms with van der Waals surface area (Å²) in [5.41, 5.74) is 0.473. The van der Waals surface area contributed by atoms with Gasteiger partial charge in [0.05, 0.1) is 15.2 Å². The molecule has 0 aliphatic heterocycles. The van der Waals surface area contributed by atoms with Gasteiger partial charge in [0.15, 0.2) is 4.80 Å². The number of hydrogen-bond acceptors (Lipinski definition) is 4. The van der Waals surface area contributed by atoms with Crippen LogP contribution in [0.2, 0.25) is 5.02 Å². The zero-order valence-electron chi connectivity index (χ0n) is 15.9. The lowest BCUT2D eigenvalue weighted by Crippen LogP contribution is -2.19. The molecule has 3 aromatic carbocycles. The number of benzene rings is 3. The molecule has 0 saturated heterocycles. The summed E-state index contributed by atoms with van der Waals surface area (Å²) in [6.45, 7) is 2.54. The second kappa shape index (κ2) is 7.23. The number of hydrogen-bond donors (Lipinski definition) is 0. The molecule has 0 aliphatic carbocycles. The van der Waals surface area contributed by atoms with E-state index < -0.39 is 11.5 Å². The van der Waals surface area contributed by atoms with Crippen LogP contribution in [0.3, 0.4) is 0 Å². The molecule has 0 radical (unpaired) electrons. The van der Waals surface area contributed by atoms with Gasteiger partial charge in [0.2, 0.25) is 0 Å². The number of thiazole rings is 1. The molecule has 7 heteroatoms. The summed E-state index contributed by atoms with van der Waals surface area (Å²) in [7, 11) is 0. The summed E-state index contributed by atoms with van der Waals surface area (Å²) >= 11 is 7.70. The van der Waals surface area contributed by atoms with Crippen LogP contribution in [-0.2, 0) is 6.54 Å². The first-order chi connectivity index (χ1) is 14.6. The Morgan fingerprint density at radius 1 is 1.10 bits per heavy atom. The molecule has 5 nitrogen and oxygen atoms in total. The van der Waals surface area contributed by atoms with E-state index in [1.807, 2.05) is 54.0 Å². The van der Waals surface area contributed by atoms with Crippen molar-refractivity contribution in [2.45, 2.75) is 13.5 Å². The third-order valence-electron chi connectivity index (χ3n) is 5.04. The molecule has 0 saturated carbocycles. The molecule has 0 atom stereocenters. The normalized spacial score (nSPS) is 12.3. The van der Waals surface area contributed by atoms with Gasteiger partial charge in [-0.3, -0.25) is 4.79 Å². The molecule has 5 aromatic rings. The van der Waals surface area contributed by atoms with Gasteiger partial charge in [0.1, 0.15) is 11.1 Å². The van der Waals surface area contributed by atoms with Gasteiger partial charge in [0.25, 0.3) is 5.91 Å². The lowest BCUT2D eigenvalue weighted by molar-refractivity contribution is 0.0994. The van der Waals surface area contributed by atoms with Gasteiger partial charge < -0.3 is 8.98 Å². The first-order valence-electron chi connectivity index (χ1n) is 9.39. The highest BCUT2D eigenvalue weighted by molar-refractivity contribution is 7.16. The van der Waals surface area contributed by atoms with Crippen LogP contribution in [0.25, 0.3) is 32.0 Å². The number of carbonyl (C=O) groups excluding carboxylic acids is 1. The fourth-order valence-electron chi connectivity index (χ4n) is 3.63. The lowest BCUT2D eigenvalue weighted by atomic mass is 10.0. The van der Waals surface area contributed by atoms with E-state index in [-0.39, 0.29) is 5.56 Å². The summed E-state index contributed by atoms with van der Waals surface area (Å²) < 4.78 is 8.23. The fourth-order valence-corrected chi connectivity index (χ4v) is 5.09. The zero-order valence-corrected chi connectivity index (χ0v) is 17.5. The van der Waals surface area contributed by atoms with E-state index in [0.717, 1.165) is 21.0 Å². The average Bonchev–Trinajstić information content (AvgIpc) is 3.11. The lowest BCUT2D eigenvalue weighted by Gasteiger charge is -2.04. The van der Waals surface area contributed by atoms with Gasteiger partial charge in [-0.25, -0.2) is 4.79 Å². The van der Waals surface area contributed by atoms with Crippen molar-refractivity contribution in [3.05, 3.63) is 86.5 Å². The van der Waals surface area contributed by atoms with Crippen LogP contribution in [0.5, 0.6) is 0 Å². The molecule has 0 aliphatic rings. The Morgan fingerprint density at radius 2 is 1.93 bits per heavy atom. The number of para-hydroxylation sites is 1. The van der Waals surface area contributed by atoms with Crippen molar-refractivity contribution in [2.24, 2.45) is 4.99 Å². The largest absolute Gasteiger partial charge is 0.422 e. The Labute approximate surface area is 179 Å². The highest BCUT2D eigenvalue weighted by Gasteiger charge is 2.16. The summed E-state index contributed by atoms with van der Waals surface area (Å²) in [5, 5.41) is 3.20. The number of nitrogens with zero attached hydrogens (tertiary/aromatic N) is 2. The maximum atomic E-state index is 13.0. The van der Waals surface area contributed by atoms with Crippen LogP contribution < -0.4 is 10.4 Å². The third kappa shape index (κ3) is 2.96. The minimum absolute atomic E-state index is 0.0925. The summed E-state index contributed by atoms with van der Waals surface area (Å²) in [4.78, 5) is 30.2. The number of carbonyl (C=O) groups is 1. The topological polar surface area (TPSA) is 64.6 Å². The molecule has 30 heavy (non-hydrogen) atoms. The molecular weight excluding hydrogens is 420 g/mol. The van der Waals surface area contributed by atoms with E-state index >= 15 is 0 Å². The van der Waals surface area contributed by atoms with Crippen LogP contribution >= 0.6 is 22.9 Å². The Kier molecular flexibility index (Phi) is 4.53. The quantitative estimate of drug-likeness (QED) is 0.277. The van der Waals surface area contributed by atoms with Crippen LogP contribution in [0, 0.1) is 0 Å². The Hall–Kier alpha value is -3.22. The van der Waals surface area contributed by atoms with Crippen molar-refractivity contribution >= 4 is 60.8 Å². The van der Waals surface area contributed by atoms with Crippen LogP contribution in [0.4, 0.5) is 0 Å². The zero-order chi connectivity index (χ0) is 20.8. The maximum Gasteiger partial charge on any atom is 0.349 e. The molecular formula is C23H15ClN2O3S. The van der Waals surface area contributed by atoms with E-state index in [1.165, 1.54) is 11.3 Å². The number of rotatable bonds is 2. The predicted octanol–water partition coefficient (Wildman–Crippen LogP) is 5.38. The van der Waals surface area contributed by atoms with Gasteiger partial charge in [-0.15, -0.1) is 0 Å². The van der Waals surface area contributed by atoms with E-state index in [2.05, 4.69) is 4.99 Å². The van der Waals surface area contributed by atoms with E-state index in [4.69, 9.17) is 16.0 Å². The number of aromatic nitrogens is 1. The van der Waals surface area contributed by atoms with E-state index in [0.29, 0.717) is 27.3 Å². The molecule has 5 rings (SSSR count). The Balaban J connectivity index is 1.73. The molecule has 0 fully saturated rings.